The molecule has 9 rings (SSSR count). The van der Waals surface area contributed by atoms with Gasteiger partial charge in [0, 0.05) is 0 Å². The second kappa shape index (κ2) is 12.6. The third kappa shape index (κ3) is 5.15. The molecule has 0 N–H and O–H groups in total. The van der Waals surface area contributed by atoms with E-state index in [1.165, 1.54) is 89.0 Å². The van der Waals surface area contributed by atoms with Gasteiger partial charge in [-0.15, -0.1) is 0 Å². The van der Waals surface area contributed by atoms with E-state index in [4.69, 9.17) is 0 Å². The highest BCUT2D eigenvalue weighted by Crippen LogP contribution is 2.57. The number of benzene rings is 8. The molecule has 0 amide bonds. The van der Waals surface area contributed by atoms with E-state index in [2.05, 4.69) is 208 Å². The van der Waals surface area contributed by atoms with E-state index >= 15 is 0 Å². The van der Waals surface area contributed by atoms with E-state index in [1.54, 1.807) is 0 Å². The van der Waals surface area contributed by atoms with Crippen LogP contribution in [0.3, 0.4) is 0 Å². The van der Waals surface area contributed by atoms with Crippen LogP contribution in [0.4, 0.5) is 0 Å². The molecule has 0 bridgehead atoms. The number of rotatable bonds is 6. The zero-order chi connectivity index (χ0) is 34.4. The minimum Gasteiger partial charge on any atom is -0.0622 e. The quantitative estimate of drug-likeness (QED) is 0.168. The van der Waals surface area contributed by atoms with Crippen molar-refractivity contribution in [3.63, 3.8) is 0 Å². The Kier molecular flexibility index (Phi) is 7.59. The molecule has 0 aliphatic heterocycles. The Morgan fingerprint density at radius 2 is 0.608 bits per heavy atom. The summed E-state index contributed by atoms with van der Waals surface area (Å²) in [7, 11) is 0. The van der Waals surface area contributed by atoms with Crippen LogP contribution in [0.5, 0.6) is 0 Å². The summed E-state index contributed by atoms with van der Waals surface area (Å²) in [5.74, 6) is 0. The molecule has 0 nitrogen and oxygen atoms in total. The molecule has 0 aromatic heterocycles. The van der Waals surface area contributed by atoms with Crippen LogP contribution in [0.1, 0.15) is 33.4 Å². The second-order valence-electron chi connectivity index (χ2n) is 13.8. The highest BCUT2D eigenvalue weighted by molar-refractivity contribution is 5.88. The van der Waals surface area contributed by atoms with E-state index in [-0.39, 0.29) is 0 Å². The number of hydrogen-bond donors (Lipinski definition) is 0. The summed E-state index contributed by atoms with van der Waals surface area (Å²) in [6, 6.07) is 71.7. The molecule has 1 aliphatic carbocycles. The minimum absolute atomic E-state index is 0.494. The van der Waals surface area contributed by atoms with Crippen molar-refractivity contribution < 1.29 is 0 Å². The first-order chi connectivity index (χ1) is 25.1. The van der Waals surface area contributed by atoms with Crippen LogP contribution < -0.4 is 0 Å². The normalized spacial score (nSPS) is 12.7. The van der Waals surface area contributed by atoms with Gasteiger partial charge in [-0.1, -0.05) is 182 Å². The number of fused-ring (bicyclic) bond motifs is 3. The van der Waals surface area contributed by atoms with Gasteiger partial charge >= 0.3 is 0 Å². The zero-order valence-electron chi connectivity index (χ0n) is 29.0. The molecule has 0 saturated carbocycles. The third-order valence-corrected chi connectivity index (χ3v) is 10.9. The maximum Gasteiger partial charge on any atom is 0.0714 e. The van der Waals surface area contributed by atoms with Gasteiger partial charge in [-0.2, -0.15) is 0 Å². The van der Waals surface area contributed by atoms with Crippen molar-refractivity contribution in [1.82, 2.24) is 0 Å². The lowest BCUT2D eigenvalue weighted by molar-refractivity contribution is 0.768. The molecule has 51 heavy (non-hydrogen) atoms. The Hall–Kier alpha value is -6.24. The summed E-state index contributed by atoms with van der Waals surface area (Å²) in [5, 5.41) is 0. The van der Waals surface area contributed by atoms with Crippen LogP contribution in [-0.4, -0.2) is 0 Å². The summed E-state index contributed by atoms with van der Waals surface area (Å²) in [6.45, 7) is 4.47. The van der Waals surface area contributed by atoms with E-state index in [1.807, 2.05) is 0 Å². The van der Waals surface area contributed by atoms with Crippen molar-refractivity contribution in [3.05, 3.63) is 228 Å². The molecule has 0 unspecified atom stereocenters. The second-order valence-corrected chi connectivity index (χ2v) is 13.8. The molecule has 0 fully saturated rings. The van der Waals surface area contributed by atoms with Gasteiger partial charge in [0.25, 0.3) is 0 Å². The first-order valence-corrected chi connectivity index (χ1v) is 17.8. The van der Waals surface area contributed by atoms with Crippen LogP contribution >= 0.6 is 0 Å². The molecule has 0 atom stereocenters. The maximum absolute atomic E-state index is 2.46. The van der Waals surface area contributed by atoms with Gasteiger partial charge in [0.1, 0.15) is 0 Å². The maximum atomic E-state index is 2.46. The van der Waals surface area contributed by atoms with Gasteiger partial charge in [0.05, 0.1) is 5.41 Å². The average molecular weight is 651 g/mol. The van der Waals surface area contributed by atoms with E-state index < -0.39 is 5.41 Å². The molecule has 8 aromatic carbocycles. The minimum atomic E-state index is -0.494. The molecule has 8 aromatic rings. The van der Waals surface area contributed by atoms with Gasteiger partial charge in [0.15, 0.2) is 0 Å². The Balaban J connectivity index is 1.24. The van der Waals surface area contributed by atoms with Crippen LogP contribution in [0, 0.1) is 13.8 Å². The summed E-state index contributed by atoms with van der Waals surface area (Å²) in [6.07, 6.45) is 0. The Morgan fingerprint density at radius 3 is 1.02 bits per heavy atom. The monoisotopic (exact) mass is 650 g/mol. The highest BCUT2D eigenvalue weighted by Gasteiger charge is 2.46. The lowest BCUT2D eigenvalue weighted by Crippen LogP contribution is -2.29. The molecular weight excluding hydrogens is 613 g/mol. The van der Waals surface area contributed by atoms with Crippen molar-refractivity contribution in [2.24, 2.45) is 0 Å². The highest BCUT2D eigenvalue weighted by atomic mass is 14.5. The van der Waals surface area contributed by atoms with Gasteiger partial charge in [-0.25, -0.2) is 0 Å². The molecule has 0 heteroatoms. The molecule has 0 saturated heterocycles. The summed E-state index contributed by atoms with van der Waals surface area (Å²) >= 11 is 0. The third-order valence-electron chi connectivity index (χ3n) is 10.9. The summed E-state index contributed by atoms with van der Waals surface area (Å²) in [5.41, 5.74) is 19.8. The van der Waals surface area contributed by atoms with Gasteiger partial charge in [-0.05, 0) is 115 Å². The van der Waals surface area contributed by atoms with Crippen molar-refractivity contribution >= 4 is 0 Å². The number of hydrogen-bond acceptors (Lipinski definition) is 0. The van der Waals surface area contributed by atoms with E-state index in [0.717, 1.165) is 0 Å². The van der Waals surface area contributed by atoms with Gasteiger partial charge < -0.3 is 0 Å². The molecule has 0 spiro atoms. The lowest BCUT2D eigenvalue weighted by atomic mass is 9.66. The standard InChI is InChI=1S/C51H38/c1-35-21-31-43(33-47(35)41-27-23-39(24-28-41)37-13-5-3-6-14-37)51(49-19-11-9-17-45(49)46-18-10-12-20-50(46)51)44-32-22-36(2)48(34-44)42-29-25-40(26-30-42)38-15-7-4-8-16-38/h3-34H,1-2H3. The zero-order valence-corrected chi connectivity index (χ0v) is 29.0. The predicted octanol–water partition coefficient (Wildman–Crippen LogP) is 13.3. The van der Waals surface area contributed by atoms with Crippen LogP contribution in [0.15, 0.2) is 194 Å². The average Bonchev–Trinajstić information content (AvgIpc) is 3.50. The van der Waals surface area contributed by atoms with Crippen molar-refractivity contribution in [2.75, 3.05) is 0 Å². The SMILES string of the molecule is Cc1ccc(C2(c3ccc(C)c(-c4ccc(-c5ccccc5)cc4)c3)c3ccccc3-c3ccccc32)cc1-c1ccc(-c2ccccc2)cc1. The van der Waals surface area contributed by atoms with Crippen molar-refractivity contribution in [3.8, 4) is 55.6 Å². The van der Waals surface area contributed by atoms with Gasteiger partial charge in [-0.3, -0.25) is 0 Å². The van der Waals surface area contributed by atoms with Gasteiger partial charge in [0.2, 0.25) is 0 Å². The van der Waals surface area contributed by atoms with Crippen LogP contribution in [0.2, 0.25) is 0 Å². The number of aryl methyl sites for hydroxylation is 2. The predicted molar refractivity (Wildman–Crippen MR) is 215 cm³/mol. The Morgan fingerprint density at radius 1 is 0.275 bits per heavy atom. The Labute approximate surface area is 301 Å². The molecule has 242 valence electrons. The molecular formula is C51H38. The topological polar surface area (TPSA) is 0 Å². The van der Waals surface area contributed by atoms with Crippen LogP contribution in [0.25, 0.3) is 55.6 Å². The fourth-order valence-corrected chi connectivity index (χ4v) is 8.30. The molecule has 0 heterocycles. The largest absolute Gasteiger partial charge is 0.0714 e. The lowest BCUT2D eigenvalue weighted by Gasteiger charge is -2.35. The van der Waals surface area contributed by atoms with E-state index in [9.17, 15) is 0 Å². The first kappa shape index (κ1) is 30.8. The smallest absolute Gasteiger partial charge is 0.0622 e. The fourth-order valence-electron chi connectivity index (χ4n) is 8.30. The first-order valence-electron chi connectivity index (χ1n) is 17.8. The van der Waals surface area contributed by atoms with E-state index in [0.29, 0.717) is 0 Å². The fraction of sp³-hybridized carbons (Fsp3) is 0.0588. The van der Waals surface area contributed by atoms with Crippen molar-refractivity contribution in [2.45, 2.75) is 19.3 Å². The van der Waals surface area contributed by atoms with Crippen LogP contribution in [-0.2, 0) is 5.41 Å². The molecule has 0 radical (unpaired) electrons. The summed E-state index contributed by atoms with van der Waals surface area (Å²) < 4.78 is 0. The van der Waals surface area contributed by atoms with Crippen molar-refractivity contribution in [1.29, 1.82) is 0 Å². The summed E-state index contributed by atoms with van der Waals surface area (Å²) in [4.78, 5) is 0. The Bertz CT molecular complexity index is 2320. The molecule has 1 aliphatic rings.